The molecular weight excluding hydrogens is 374 g/mol. The van der Waals surface area contributed by atoms with E-state index in [9.17, 15) is 9.59 Å². The number of H-pyrrole nitrogens is 1. The largest absolute Gasteiger partial charge is 0.383 e. The fourth-order valence-electron chi connectivity index (χ4n) is 3.96. The number of fused-ring (bicyclic) bond motifs is 3. The monoisotopic (exact) mass is 401 g/mol. The summed E-state index contributed by atoms with van der Waals surface area (Å²) >= 11 is 0. The van der Waals surface area contributed by atoms with Crippen molar-refractivity contribution in [3.8, 4) is 11.3 Å². The van der Waals surface area contributed by atoms with E-state index in [1.54, 1.807) is 0 Å². The van der Waals surface area contributed by atoms with Crippen molar-refractivity contribution in [3.63, 3.8) is 0 Å². The molecule has 1 fully saturated rings. The fourth-order valence-corrected chi connectivity index (χ4v) is 3.96. The molecule has 10 heteroatoms. The zero-order valence-electron chi connectivity index (χ0n) is 16.7. The average Bonchev–Trinajstić information content (AvgIpc) is 3.33. The Bertz CT molecular complexity index is 904. The second-order valence-electron chi connectivity index (χ2n) is 7.48. The highest BCUT2D eigenvalue weighted by molar-refractivity contribution is 6.39. The van der Waals surface area contributed by atoms with Gasteiger partial charge in [-0.05, 0) is 24.9 Å². The molecule has 4 heterocycles. The second-order valence-corrected chi connectivity index (χ2v) is 7.48. The van der Waals surface area contributed by atoms with Gasteiger partial charge in [-0.2, -0.15) is 5.10 Å². The summed E-state index contributed by atoms with van der Waals surface area (Å²) in [5, 5.41) is 16.7. The van der Waals surface area contributed by atoms with Crippen LogP contribution in [0.1, 0.15) is 24.9 Å². The number of carbonyl (C=O) groups is 2. The number of anilines is 2. The van der Waals surface area contributed by atoms with Crippen LogP contribution < -0.4 is 21.3 Å². The Hall–Kier alpha value is -2.85. The molecule has 0 unspecified atom stereocenters. The molecule has 4 rings (SSSR count). The van der Waals surface area contributed by atoms with Gasteiger partial charge in [0.25, 0.3) is 0 Å². The fraction of sp³-hybridized carbons (Fsp3) is 0.526. The molecule has 0 saturated carbocycles. The van der Waals surface area contributed by atoms with Crippen LogP contribution in [0.15, 0.2) is 12.3 Å². The summed E-state index contributed by atoms with van der Waals surface area (Å²) in [6.07, 6.45) is 2.94. The predicted octanol–water partition coefficient (Wildman–Crippen LogP) is 0.675. The lowest BCUT2D eigenvalue weighted by molar-refractivity contribution is -0.136. The number of nitrogens with zero attached hydrogens (tertiary/aromatic N) is 2. The van der Waals surface area contributed by atoms with Crippen LogP contribution in [0.2, 0.25) is 0 Å². The average molecular weight is 401 g/mol. The first-order chi connectivity index (χ1) is 14.1. The van der Waals surface area contributed by atoms with Crippen LogP contribution in [0.4, 0.5) is 11.6 Å². The minimum atomic E-state index is -0.733. The van der Waals surface area contributed by atoms with Crippen molar-refractivity contribution in [3.05, 3.63) is 17.8 Å². The molecular formula is C19H27N7O3. The van der Waals surface area contributed by atoms with Gasteiger partial charge in [0.2, 0.25) is 0 Å². The Kier molecular flexibility index (Phi) is 5.54. The SMILES string of the molecule is COCCNC(=O)C(=O)Nc1nn([C@H]2CNCC[C@H]2C)c2c1CNc1[nH]ccc1-2. The molecule has 2 amide bonds. The quantitative estimate of drug-likeness (QED) is 0.371. The number of methoxy groups -OCH3 is 1. The molecule has 0 radical (unpaired) electrons. The molecule has 0 aliphatic carbocycles. The van der Waals surface area contributed by atoms with Crippen LogP contribution in [0, 0.1) is 5.92 Å². The number of amides is 2. The van der Waals surface area contributed by atoms with Gasteiger partial charge < -0.3 is 31.0 Å². The van der Waals surface area contributed by atoms with Gasteiger partial charge in [0.05, 0.1) is 18.3 Å². The highest BCUT2D eigenvalue weighted by Crippen LogP contribution is 2.41. The van der Waals surface area contributed by atoms with Crippen LogP contribution in [0.5, 0.6) is 0 Å². The van der Waals surface area contributed by atoms with E-state index in [1.165, 1.54) is 7.11 Å². The van der Waals surface area contributed by atoms with Crippen molar-refractivity contribution in [2.24, 2.45) is 5.92 Å². The van der Waals surface area contributed by atoms with Crippen molar-refractivity contribution in [2.45, 2.75) is 25.9 Å². The topological polar surface area (TPSA) is 125 Å². The normalized spacial score (nSPS) is 20.3. The van der Waals surface area contributed by atoms with Crippen LogP contribution in [0.25, 0.3) is 11.3 Å². The molecule has 0 spiro atoms. The number of nitrogens with one attached hydrogen (secondary N) is 5. The molecule has 0 aromatic carbocycles. The second kappa shape index (κ2) is 8.26. The van der Waals surface area contributed by atoms with E-state index in [1.807, 2.05) is 16.9 Å². The molecule has 2 aromatic rings. The molecule has 29 heavy (non-hydrogen) atoms. The van der Waals surface area contributed by atoms with Gasteiger partial charge in [0.1, 0.15) is 5.82 Å². The number of piperidine rings is 1. The lowest BCUT2D eigenvalue weighted by Crippen LogP contribution is -2.38. The van der Waals surface area contributed by atoms with Gasteiger partial charge in [-0.25, -0.2) is 0 Å². The van der Waals surface area contributed by atoms with Gasteiger partial charge in [0, 0.05) is 44.1 Å². The van der Waals surface area contributed by atoms with Crippen molar-refractivity contribution in [1.82, 2.24) is 25.4 Å². The molecule has 10 nitrogen and oxygen atoms in total. The zero-order valence-corrected chi connectivity index (χ0v) is 16.7. The van der Waals surface area contributed by atoms with E-state index in [4.69, 9.17) is 9.84 Å². The molecule has 0 bridgehead atoms. The third-order valence-corrected chi connectivity index (χ3v) is 5.58. The molecule has 1 saturated heterocycles. The maximum Gasteiger partial charge on any atom is 0.314 e. The molecule has 5 N–H and O–H groups in total. The summed E-state index contributed by atoms with van der Waals surface area (Å²) in [7, 11) is 1.54. The summed E-state index contributed by atoms with van der Waals surface area (Å²) in [6, 6.07) is 2.17. The highest BCUT2D eigenvalue weighted by atomic mass is 16.5. The van der Waals surface area contributed by atoms with E-state index >= 15 is 0 Å². The molecule has 156 valence electrons. The van der Waals surface area contributed by atoms with Gasteiger partial charge >= 0.3 is 11.8 Å². The highest BCUT2D eigenvalue weighted by Gasteiger charge is 2.33. The third kappa shape index (κ3) is 3.73. The maximum atomic E-state index is 12.4. The third-order valence-electron chi connectivity index (χ3n) is 5.58. The lowest BCUT2D eigenvalue weighted by atomic mass is 9.94. The Morgan fingerprint density at radius 1 is 1.38 bits per heavy atom. The zero-order chi connectivity index (χ0) is 20.4. The first-order valence-corrected chi connectivity index (χ1v) is 9.92. The summed E-state index contributed by atoms with van der Waals surface area (Å²) in [4.78, 5) is 27.7. The number of rotatable bonds is 5. The van der Waals surface area contributed by atoms with E-state index < -0.39 is 11.8 Å². The number of hydrogen-bond acceptors (Lipinski definition) is 6. The smallest absolute Gasteiger partial charge is 0.314 e. The van der Waals surface area contributed by atoms with Crippen LogP contribution in [-0.2, 0) is 20.9 Å². The Labute approximate surface area is 168 Å². The Morgan fingerprint density at radius 2 is 2.24 bits per heavy atom. The summed E-state index contributed by atoms with van der Waals surface area (Å²) < 4.78 is 6.90. The molecule has 2 aliphatic heterocycles. The number of aromatic nitrogens is 3. The number of ether oxygens (including phenoxy) is 1. The van der Waals surface area contributed by atoms with Crippen molar-refractivity contribution in [1.29, 1.82) is 0 Å². The molecule has 2 aromatic heterocycles. The maximum absolute atomic E-state index is 12.4. The van der Waals surface area contributed by atoms with E-state index in [0.29, 0.717) is 24.9 Å². The van der Waals surface area contributed by atoms with Crippen molar-refractivity contribution in [2.75, 3.05) is 44.0 Å². The first-order valence-electron chi connectivity index (χ1n) is 9.92. The van der Waals surface area contributed by atoms with Gasteiger partial charge in [-0.15, -0.1) is 0 Å². The number of hydrogen-bond donors (Lipinski definition) is 5. The van der Waals surface area contributed by atoms with Gasteiger partial charge in [0.15, 0.2) is 5.82 Å². The number of aromatic amines is 1. The van der Waals surface area contributed by atoms with Crippen molar-refractivity contribution < 1.29 is 14.3 Å². The minimum absolute atomic E-state index is 0.166. The van der Waals surface area contributed by atoms with Crippen LogP contribution in [0.3, 0.4) is 0 Å². The first kappa shape index (κ1) is 19.5. The Morgan fingerprint density at radius 3 is 3.03 bits per heavy atom. The molecule has 2 atom stereocenters. The van der Waals surface area contributed by atoms with Crippen LogP contribution >= 0.6 is 0 Å². The van der Waals surface area contributed by atoms with Crippen LogP contribution in [-0.4, -0.2) is 59.9 Å². The number of carbonyl (C=O) groups excluding carboxylic acids is 2. The van der Waals surface area contributed by atoms with Crippen molar-refractivity contribution >= 4 is 23.5 Å². The van der Waals surface area contributed by atoms with E-state index in [2.05, 4.69) is 33.2 Å². The van der Waals surface area contributed by atoms with Gasteiger partial charge in [-0.3, -0.25) is 14.3 Å². The van der Waals surface area contributed by atoms with Gasteiger partial charge in [-0.1, -0.05) is 6.92 Å². The predicted molar refractivity (Wildman–Crippen MR) is 109 cm³/mol. The van der Waals surface area contributed by atoms with E-state index in [0.717, 1.165) is 42.1 Å². The minimum Gasteiger partial charge on any atom is -0.383 e. The summed E-state index contributed by atoms with van der Waals surface area (Å²) in [5.74, 6) is 0.361. The summed E-state index contributed by atoms with van der Waals surface area (Å²) in [6.45, 7) is 5.15. The standard InChI is InChI=1S/C19H27N7O3/c1-11-3-5-20-10-14(11)26-15-12-4-6-21-16(12)23-9-13(15)17(25-26)24-19(28)18(27)22-7-8-29-2/h4,6,11,14,20-21,23H,3,5,7-10H2,1-2H3,(H,22,27)(H,24,25,28)/t11-,14+/m1/s1. The Balaban J connectivity index is 1.65. The summed E-state index contributed by atoms with van der Waals surface area (Å²) in [5.41, 5.74) is 2.88. The lowest BCUT2D eigenvalue weighted by Gasteiger charge is -2.31. The molecule has 2 aliphatic rings. The van der Waals surface area contributed by atoms with E-state index in [-0.39, 0.29) is 12.6 Å².